The van der Waals surface area contributed by atoms with Gasteiger partial charge in [-0.3, -0.25) is 4.79 Å². The quantitative estimate of drug-likeness (QED) is 0.462. The van der Waals surface area contributed by atoms with E-state index in [-0.39, 0.29) is 13.1 Å². The zero-order valence-corrected chi connectivity index (χ0v) is 6.16. The van der Waals surface area contributed by atoms with Crippen LogP contribution in [0.2, 0.25) is 0 Å². The van der Waals surface area contributed by atoms with Crippen LogP contribution in [-0.4, -0.2) is 23.3 Å². The topological polar surface area (TPSA) is 57.5 Å². The Balaban J connectivity index is 0. The minimum absolute atomic E-state index is 0.250. The van der Waals surface area contributed by atoms with Crippen LogP contribution < -0.4 is 0 Å². The maximum Gasteiger partial charge on any atom is 0.290 e. The summed E-state index contributed by atoms with van der Waals surface area (Å²) in [6.07, 6.45) is 5.91. The van der Waals surface area contributed by atoms with Gasteiger partial charge >= 0.3 is 0 Å². The third kappa shape index (κ3) is 27.2. The second kappa shape index (κ2) is 15.7. The fourth-order valence-electron chi connectivity index (χ4n) is 0.359. The summed E-state index contributed by atoms with van der Waals surface area (Å²) in [5, 5.41) is 15.1. The molecule has 0 radical (unpaired) electrons. The van der Waals surface area contributed by atoms with Gasteiger partial charge in [-0.15, -0.1) is 0 Å². The number of hydrogen-bond acceptors (Lipinski definition) is 2. The summed E-state index contributed by atoms with van der Waals surface area (Å²) >= 11 is 0. The second-order valence-electron chi connectivity index (χ2n) is 1.50. The molecule has 0 aliphatic carbocycles. The standard InChI is InChI=1S/C6H12O.CH2O2/c1-2-3-4-5-6-7;2-1-3/h3-4,7H,2,5-6H2,1H3;1H,(H,2,3)/b4-3-;. The molecule has 0 heterocycles. The average molecular weight is 146 g/mol. The lowest BCUT2D eigenvalue weighted by Gasteiger charge is -1.79. The maximum absolute atomic E-state index is 8.36. The highest BCUT2D eigenvalue weighted by Gasteiger charge is 1.68. The molecule has 0 rings (SSSR count). The van der Waals surface area contributed by atoms with Crippen molar-refractivity contribution in [1.29, 1.82) is 0 Å². The Morgan fingerprint density at radius 3 is 2.20 bits per heavy atom. The van der Waals surface area contributed by atoms with Crippen LogP contribution in [0.1, 0.15) is 19.8 Å². The zero-order valence-electron chi connectivity index (χ0n) is 6.16. The van der Waals surface area contributed by atoms with Crippen molar-refractivity contribution in [3.05, 3.63) is 12.2 Å². The average Bonchev–Trinajstić information content (AvgIpc) is 1.91. The minimum Gasteiger partial charge on any atom is -0.483 e. The highest BCUT2D eigenvalue weighted by Crippen LogP contribution is 1.82. The van der Waals surface area contributed by atoms with Crippen molar-refractivity contribution in [2.75, 3.05) is 6.61 Å². The molecule has 0 aliphatic rings. The first-order valence-corrected chi connectivity index (χ1v) is 3.17. The van der Waals surface area contributed by atoms with Gasteiger partial charge in [0.05, 0.1) is 0 Å². The van der Waals surface area contributed by atoms with Crippen LogP contribution in [-0.2, 0) is 4.79 Å². The van der Waals surface area contributed by atoms with Crippen LogP contribution >= 0.6 is 0 Å². The summed E-state index contributed by atoms with van der Waals surface area (Å²) in [5.74, 6) is 0. The number of hydrogen-bond donors (Lipinski definition) is 2. The molecule has 0 spiro atoms. The van der Waals surface area contributed by atoms with E-state index in [1.54, 1.807) is 0 Å². The molecule has 0 fully saturated rings. The van der Waals surface area contributed by atoms with Crippen molar-refractivity contribution in [2.45, 2.75) is 19.8 Å². The van der Waals surface area contributed by atoms with Gasteiger partial charge in [0, 0.05) is 6.61 Å². The van der Waals surface area contributed by atoms with E-state index in [1.165, 1.54) is 0 Å². The lowest BCUT2D eigenvalue weighted by Crippen LogP contribution is -1.73. The molecular formula is C7H14O3. The number of aliphatic hydroxyl groups excluding tert-OH is 1. The van der Waals surface area contributed by atoms with E-state index in [0.717, 1.165) is 12.8 Å². The predicted molar refractivity (Wildman–Crippen MR) is 39.8 cm³/mol. The van der Waals surface area contributed by atoms with E-state index in [9.17, 15) is 0 Å². The minimum atomic E-state index is -0.250. The van der Waals surface area contributed by atoms with Crippen molar-refractivity contribution in [2.24, 2.45) is 0 Å². The van der Waals surface area contributed by atoms with Crippen molar-refractivity contribution < 1.29 is 15.0 Å². The Morgan fingerprint density at radius 1 is 1.40 bits per heavy atom. The summed E-state index contributed by atoms with van der Waals surface area (Å²) in [4.78, 5) is 8.36. The van der Waals surface area contributed by atoms with E-state index in [4.69, 9.17) is 15.0 Å². The third-order valence-corrected chi connectivity index (χ3v) is 0.698. The smallest absolute Gasteiger partial charge is 0.290 e. The van der Waals surface area contributed by atoms with Crippen LogP contribution in [0.4, 0.5) is 0 Å². The molecule has 0 amide bonds. The second-order valence-corrected chi connectivity index (χ2v) is 1.50. The highest BCUT2D eigenvalue weighted by atomic mass is 16.3. The lowest BCUT2D eigenvalue weighted by atomic mass is 10.3. The molecule has 2 N–H and O–H groups in total. The molecule has 0 atom stereocenters. The van der Waals surface area contributed by atoms with Gasteiger partial charge in [-0.05, 0) is 12.8 Å². The van der Waals surface area contributed by atoms with Crippen molar-refractivity contribution in [3.8, 4) is 0 Å². The normalized spacial score (nSPS) is 8.60. The summed E-state index contributed by atoms with van der Waals surface area (Å²) in [6, 6.07) is 0. The van der Waals surface area contributed by atoms with Gasteiger partial charge in [0.25, 0.3) is 6.47 Å². The summed E-state index contributed by atoms with van der Waals surface area (Å²) in [7, 11) is 0. The highest BCUT2D eigenvalue weighted by molar-refractivity contribution is 5.32. The number of aliphatic hydroxyl groups is 1. The summed E-state index contributed by atoms with van der Waals surface area (Å²) in [6.45, 7) is 2.10. The van der Waals surface area contributed by atoms with Crippen molar-refractivity contribution >= 4 is 6.47 Å². The van der Waals surface area contributed by atoms with Crippen molar-refractivity contribution in [1.82, 2.24) is 0 Å². The Labute approximate surface area is 61.0 Å². The van der Waals surface area contributed by atoms with Gasteiger partial charge in [-0.2, -0.15) is 0 Å². The van der Waals surface area contributed by atoms with Gasteiger partial charge in [-0.1, -0.05) is 19.1 Å². The number of carboxylic acid groups (broad SMARTS) is 1. The van der Waals surface area contributed by atoms with Crippen LogP contribution in [0.5, 0.6) is 0 Å². The van der Waals surface area contributed by atoms with Gasteiger partial charge in [0.1, 0.15) is 0 Å². The van der Waals surface area contributed by atoms with Gasteiger partial charge < -0.3 is 10.2 Å². The summed E-state index contributed by atoms with van der Waals surface area (Å²) in [5.41, 5.74) is 0. The first kappa shape index (κ1) is 11.9. The van der Waals surface area contributed by atoms with E-state index < -0.39 is 0 Å². The van der Waals surface area contributed by atoms with E-state index in [0.29, 0.717) is 0 Å². The molecule has 0 aromatic carbocycles. The molecule has 0 bridgehead atoms. The predicted octanol–water partition coefficient (Wildman–Crippen LogP) is 1.04. The molecule has 0 unspecified atom stereocenters. The molecule has 0 aromatic heterocycles. The number of carbonyl (C=O) groups is 1. The molecular weight excluding hydrogens is 132 g/mol. The van der Waals surface area contributed by atoms with Crippen LogP contribution in [0.15, 0.2) is 12.2 Å². The van der Waals surface area contributed by atoms with Crippen LogP contribution in [0.3, 0.4) is 0 Å². The molecule has 10 heavy (non-hydrogen) atoms. The lowest BCUT2D eigenvalue weighted by molar-refractivity contribution is -0.122. The first-order valence-electron chi connectivity index (χ1n) is 3.17. The molecule has 0 saturated carbocycles. The third-order valence-electron chi connectivity index (χ3n) is 0.698. The SMILES string of the molecule is CC/C=C\CCO.O=CO. The van der Waals surface area contributed by atoms with Crippen LogP contribution in [0.25, 0.3) is 0 Å². The molecule has 0 aliphatic heterocycles. The molecule has 0 saturated heterocycles. The molecule has 3 nitrogen and oxygen atoms in total. The maximum atomic E-state index is 8.36. The van der Waals surface area contributed by atoms with E-state index in [1.807, 2.05) is 6.08 Å². The number of rotatable bonds is 3. The fraction of sp³-hybridized carbons (Fsp3) is 0.571. The Bertz CT molecular complexity index is 78.9. The Morgan fingerprint density at radius 2 is 1.90 bits per heavy atom. The Kier molecular flexibility index (Phi) is 18.7. The van der Waals surface area contributed by atoms with Crippen LogP contribution in [0, 0.1) is 0 Å². The number of allylic oxidation sites excluding steroid dienone is 1. The molecule has 3 heteroatoms. The van der Waals surface area contributed by atoms with Crippen molar-refractivity contribution in [3.63, 3.8) is 0 Å². The zero-order chi connectivity index (χ0) is 8.24. The largest absolute Gasteiger partial charge is 0.483 e. The van der Waals surface area contributed by atoms with Gasteiger partial charge in [-0.25, -0.2) is 0 Å². The molecule has 60 valence electrons. The van der Waals surface area contributed by atoms with Gasteiger partial charge in [0.15, 0.2) is 0 Å². The van der Waals surface area contributed by atoms with E-state index >= 15 is 0 Å². The van der Waals surface area contributed by atoms with E-state index in [2.05, 4.69) is 13.0 Å². The monoisotopic (exact) mass is 146 g/mol. The Hall–Kier alpha value is -0.830. The van der Waals surface area contributed by atoms with Gasteiger partial charge in [0.2, 0.25) is 0 Å². The fourth-order valence-corrected chi connectivity index (χ4v) is 0.359. The summed E-state index contributed by atoms with van der Waals surface area (Å²) < 4.78 is 0. The molecule has 0 aromatic rings. The first-order chi connectivity index (χ1) is 4.83.